The topological polar surface area (TPSA) is 72.4 Å². The van der Waals surface area contributed by atoms with Gasteiger partial charge >= 0.3 is 0 Å². The second-order valence-electron chi connectivity index (χ2n) is 5.73. The maximum atomic E-state index is 13.7. The summed E-state index contributed by atoms with van der Waals surface area (Å²) in [5, 5.41) is 7.92. The number of aryl methyl sites for hydroxylation is 2. The highest BCUT2D eigenvalue weighted by atomic mass is 19.1. The normalized spacial score (nSPS) is 10.8. The van der Waals surface area contributed by atoms with Gasteiger partial charge in [0.05, 0.1) is 11.8 Å². The van der Waals surface area contributed by atoms with Crippen molar-refractivity contribution in [2.24, 2.45) is 0 Å². The third kappa shape index (κ3) is 3.93. The molecule has 0 aliphatic rings. The highest BCUT2D eigenvalue weighted by Crippen LogP contribution is 2.23. The van der Waals surface area contributed by atoms with Crippen LogP contribution in [0.25, 0.3) is 11.5 Å². The first-order chi connectivity index (χ1) is 12.0. The van der Waals surface area contributed by atoms with Gasteiger partial charge in [0.15, 0.2) is 0 Å². The molecule has 1 aromatic carbocycles. The minimum atomic E-state index is -0.320. The smallest absolute Gasteiger partial charge is 0.251 e. The van der Waals surface area contributed by atoms with Crippen LogP contribution in [0.15, 0.2) is 45.4 Å². The van der Waals surface area contributed by atoms with E-state index in [0.29, 0.717) is 29.5 Å². The molecule has 0 saturated carbocycles. The molecule has 0 fully saturated rings. The van der Waals surface area contributed by atoms with Gasteiger partial charge in [0.2, 0.25) is 11.8 Å². The summed E-state index contributed by atoms with van der Waals surface area (Å²) in [4.78, 5) is 13.7. The zero-order valence-corrected chi connectivity index (χ0v) is 14.0. The molecule has 3 rings (SSSR count). The molecule has 25 heavy (non-hydrogen) atoms. The summed E-state index contributed by atoms with van der Waals surface area (Å²) >= 11 is 0. The van der Waals surface area contributed by atoms with Crippen molar-refractivity contribution in [1.82, 2.24) is 15.1 Å². The fourth-order valence-corrected chi connectivity index (χ4v) is 2.45. The van der Waals surface area contributed by atoms with Crippen molar-refractivity contribution in [3.63, 3.8) is 0 Å². The number of halogens is 1. The van der Waals surface area contributed by atoms with Crippen LogP contribution in [-0.2, 0) is 17.8 Å². The van der Waals surface area contributed by atoms with E-state index in [0.717, 1.165) is 5.56 Å². The first kappa shape index (κ1) is 16.9. The Morgan fingerprint density at radius 3 is 2.76 bits per heavy atom. The van der Waals surface area contributed by atoms with Gasteiger partial charge in [0.25, 0.3) is 5.89 Å². The molecule has 2 heterocycles. The van der Waals surface area contributed by atoms with E-state index in [4.69, 9.17) is 8.83 Å². The quantitative estimate of drug-likeness (QED) is 0.686. The van der Waals surface area contributed by atoms with E-state index in [1.54, 1.807) is 44.5 Å². The molecule has 7 heteroatoms. The molecular weight excluding hydrogens is 325 g/mol. The predicted octanol–water partition coefficient (Wildman–Crippen LogP) is 3.37. The Morgan fingerprint density at radius 1 is 1.24 bits per heavy atom. The SMILES string of the molecule is Cc1occc1-c1nnc(CCC(=O)N(C)Cc2ccccc2F)o1. The minimum Gasteiger partial charge on any atom is -0.469 e. The van der Waals surface area contributed by atoms with Crippen molar-refractivity contribution < 1.29 is 18.0 Å². The number of amides is 1. The first-order valence-electron chi connectivity index (χ1n) is 7.89. The molecule has 1 amide bonds. The third-order valence-corrected chi connectivity index (χ3v) is 3.90. The van der Waals surface area contributed by atoms with Crippen molar-refractivity contribution in [2.75, 3.05) is 7.05 Å². The Morgan fingerprint density at radius 2 is 2.04 bits per heavy atom. The van der Waals surface area contributed by atoms with Crippen LogP contribution >= 0.6 is 0 Å². The summed E-state index contributed by atoms with van der Waals surface area (Å²) in [6.45, 7) is 2.02. The van der Waals surface area contributed by atoms with Crippen LogP contribution in [0.1, 0.15) is 23.6 Å². The fourth-order valence-electron chi connectivity index (χ4n) is 2.45. The molecule has 2 aromatic heterocycles. The molecule has 6 nitrogen and oxygen atoms in total. The Balaban J connectivity index is 1.56. The zero-order valence-electron chi connectivity index (χ0n) is 14.0. The van der Waals surface area contributed by atoms with Gasteiger partial charge in [-0.05, 0) is 19.1 Å². The molecule has 0 radical (unpaired) electrons. The molecular formula is C18H18FN3O3. The number of benzene rings is 1. The van der Waals surface area contributed by atoms with E-state index in [1.807, 2.05) is 0 Å². The Kier molecular flexibility index (Phi) is 4.92. The number of aromatic nitrogens is 2. The van der Waals surface area contributed by atoms with Crippen LogP contribution in [0.4, 0.5) is 4.39 Å². The summed E-state index contributed by atoms with van der Waals surface area (Å²) in [7, 11) is 1.64. The maximum absolute atomic E-state index is 13.7. The summed E-state index contributed by atoms with van der Waals surface area (Å²) < 4.78 is 24.4. The number of nitrogens with zero attached hydrogens (tertiary/aromatic N) is 3. The summed E-state index contributed by atoms with van der Waals surface area (Å²) in [6.07, 6.45) is 2.08. The number of carbonyl (C=O) groups is 1. The number of carbonyl (C=O) groups excluding carboxylic acids is 1. The Bertz CT molecular complexity index is 872. The Labute approximate surface area is 144 Å². The van der Waals surface area contributed by atoms with Gasteiger partial charge in [0, 0.05) is 32.0 Å². The van der Waals surface area contributed by atoms with E-state index in [9.17, 15) is 9.18 Å². The molecule has 0 N–H and O–H groups in total. The highest BCUT2D eigenvalue weighted by Gasteiger charge is 2.16. The van der Waals surface area contributed by atoms with Gasteiger partial charge in [-0.3, -0.25) is 4.79 Å². The van der Waals surface area contributed by atoms with E-state index >= 15 is 0 Å². The van der Waals surface area contributed by atoms with Crippen molar-refractivity contribution in [1.29, 1.82) is 0 Å². The lowest BCUT2D eigenvalue weighted by Gasteiger charge is -2.17. The van der Waals surface area contributed by atoms with Gasteiger partial charge in [0.1, 0.15) is 11.6 Å². The van der Waals surface area contributed by atoms with E-state index < -0.39 is 0 Å². The monoisotopic (exact) mass is 343 g/mol. The van der Waals surface area contributed by atoms with Gasteiger partial charge in [-0.25, -0.2) is 4.39 Å². The second-order valence-corrected chi connectivity index (χ2v) is 5.73. The van der Waals surface area contributed by atoms with Crippen molar-refractivity contribution in [2.45, 2.75) is 26.3 Å². The van der Waals surface area contributed by atoms with Crippen molar-refractivity contribution >= 4 is 5.91 Å². The highest BCUT2D eigenvalue weighted by molar-refractivity contribution is 5.76. The molecule has 130 valence electrons. The molecule has 0 unspecified atom stereocenters. The standard InChI is InChI=1S/C18H18FN3O3/c1-12-14(9-10-24-12)18-21-20-16(25-18)7-8-17(23)22(2)11-13-5-3-4-6-15(13)19/h3-6,9-10H,7-8,11H2,1-2H3. The minimum absolute atomic E-state index is 0.123. The predicted molar refractivity (Wildman–Crippen MR) is 87.9 cm³/mol. The van der Waals surface area contributed by atoms with Crippen LogP contribution in [0.3, 0.4) is 0 Å². The summed E-state index contributed by atoms with van der Waals surface area (Å²) in [6, 6.07) is 8.16. The maximum Gasteiger partial charge on any atom is 0.251 e. The van der Waals surface area contributed by atoms with Gasteiger partial charge in [-0.15, -0.1) is 10.2 Å². The Hall–Kier alpha value is -2.96. The first-order valence-corrected chi connectivity index (χ1v) is 7.89. The second kappa shape index (κ2) is 7.29. The van der Waals surface area contributed by atoms with Crippen LogP contribution in [0.2, 0.25) is 0 Å². The lowest BCUT2D eigenvalue weighted by Crippen LogP contribution is -2.26. The van der Waals surface area contributed by atoms with E-state index in [1.165, 1.54) is 11.0 Å². The molecule has 0 atom stereocenters. The van der Waals surface area contributed by atoms with E-state index in [2.05, 4.69) is 10.2 Å². The van der Waals surface area contributed by atoms with Crippen LogP contribution in [0, 0.1) is 12.7 Å². The molecule has 3 aromatic rings. The largest absolute Gasteiger partial charge is 0.469 e. The lowest BCUT2D eigenvalue weighted by molar-refractivity contribution is -0.130. The van der Waals surface area contributed by atoms with Crippen molar-refractivity contribution in [3.05, 3.63) is 59.6 Å². The summed E-state index contributed by atoms with van der Waals surface area (Å²) in [5.41, 5.74) is 1.22. The van der Waals surface area contributed by atoms with Gasteiger partial charge in [-0.1, -0.05) is 18.2 Å². The summed E-state index contributed by atoms with van der Waals surface area (Å²) in [5.74, 6) is 0.995. The number of hydrogen-bond donors (Lipinski definition) is 0. The van der Waals surface area contributed by atoms with Gasteiger partial charge < -0.3 is 13.7 Å². The van der Waals surface area contributed by atoms with Crippen LogP contribution in [0.5, 0.6) is 0 Å². The van der Waals surface area contributed by atoms with Crippen molar-refractivity contribution in [3.8, 4) is 11.5 Å². The number of hydrogen-bond acceptors (Lipinski definition) is 5. The molecule has 0 bridgehead atoms. The third-order valence-electron chi connectivity index (χ3n) is 3.90. The molecule has 0 aliphatic heterocycles. The lowest BCUT2D eigenvalue weighted by atomic mass is 10.2. The molecule has 0 aliphatic carbocycles. The molecule has 0 saturated heterocycles. The van der Waals surface area contributed by atoms with E-state index in [-0.39, 0.29) is 24.7 Å². The fraction of sp³-hybridized carbons (Fsp3) is 0.278. The average Bonchev–Trinajstić information content (AvgIpc) is 3.23. The van der Waals surface area contributed by atoms with Gasteiger partial charge in [-0.2, -0.15) is 0 Å². The molecule has 0 spiro atoms. The van der Waals surface area contributed by atoms with Crippen LogP contribution < -0.4 is 0 Å². The number of furan rings is 1. The zero-order chi connectivity index (χ0) is 17.8. The number of rotatable bonds is 6. The van der Waals surface area contributed by atoms with Crippen LogP contribution in [-0.4, -0.2) is 28.1 Å². The average molecular weight is 343 g/mol.